The number of halogens is 1. The average Bonchev–Trinajstić information content (AvgIpc) is 2.07. The molecular weight excluding hydrogens is 171 g/mol. The predicted octanol–water partition coefficient (Wildman–Crippen LogP) is 1.30. The summed E-state index contributed by atoms with van der Waals surface area (Å²) in [6, 6.07) is 4.07. The number of hydrogen-bond donors (Lipinski definition) is 2. The van der Waals surface area contributed by atoms with Crippen LogP contribution in [0, 0.1) is 12.7 Å². The Morgan fingerprint density at radius 3 is 2.85 bits per heavy atom. The van der Waals surface area contributed by atoms with Gasteiger partial charge in [0, 0.05) is 6.54 Å². The molecule has 70 valence electrons. The summed E-state index contributed by atoms with van der Waals surface area (Å²) in [6.45, 7) is 2.00. The second-order valence-electron chi connectivity index (χ2n) is 2.80. The van der Waals surface area contributed by atoms with E-state index in [9.17, 15) is 9.18 Å². The van der Waals surface area contributed by atoms with Crippen molar-refractivity contribution in [3.05, 3.63) is 35.1 Å². The molecule has 0 saturated carbocycles. The summed E-state index contributed by atoms with van der Waals surface area (Å²) >= 11 is 0. The van der Waals surface area contributed by atoms with Gasteiger partial charge < -0.3 is 11.1 Å². The van der Waals surface area contributed by atoms with Crippen LogP contribution in [0.4, 0.5) is 9.18 Å². The molecule has 1 rings (SSSR count). The number of amides is 2. The van der Waals surface area contributed by atoms with Gasteiger partial charge in [0.2, 0.25) is 0 Å². The fourth-order valence-electron chi connectivity index (χ4n) is 1.01. The van der Waals surface area contributed by atoms with Gasteiger partial charge in [0.05, 0.1) is 0 Å². The van der Waals surface area contributed by atoms with E-state index in [2.05, 4.69) is 5.32 Å². The van der Waals surface area contributed by atoms with Crippen molar-refractivity contribution in [2.75, 3.05) is 0 Å². The van der Waals surface area contributed by atoms with Gasteiger partial charge in [0.15, 0.2) is 0 Å². The van der Waals surface area contributed by atoms with Crippen LogP contribution < -0.4 is 11.1 Å². The fourth-order valence-corrected chi connectivity index (χ4v) is 1.01. The molecule has 0 atom stereocenters. The Morgan fingerprint density at radius 1 is 1.62 bits per heavy atom. The van der Waals surface area contributed by atoms with Gasteiger partial charge in [-0.05, 0) is 24.1 Å². The van der Waals surface area contributed by atoms with Gasteiger partial charge in [0.25, 0.3) is 0 Å². The number of aryl methyl sites for hydroxylation is 1. The molecule has 0 unspecified atom stereocenters. The third-order valence-electron chi connectivity index (χ3n) is 1.69. The third-order valence-corrected chi connectivity index (χ3v) is 1.69. The first-order valence-corrected chi connectivity index (χ1v) is 3.88. The van der Waals surface area contributed by atoms with Crippen LogP contribution in [0.1, 0.15) is 11.1 Å². The van der Waals surface area contributed by atoms with E-state index < -0.39 is 6.03 Å². The Morgan fingerprint density at radius 2 is 2.31 bits per heavy atom. The second kappa shape index (κ2) is 3.89. The quantitative estimate of drug-likeness (QED) is 0.711. The highest BCUT2D eigenvalue weighted by atomic mass is 19.1. The molecule has 0 radical (unpaired) electrons. The molecule has 0 bridgehead atoms. The Kier molecular flexibility index (Phi) is 2.84. The van der Waals surface area contributed by atoms with Crippen LogP contribution in [0.3, 0.4) is 0 Å². The molecule has 1 aromatic rings. The second-order valence-corrected chi connectivity index (χ2v) is 2.80. The number of primary amides is 1. The standard InChI is InChI=1S/C9H11FN2O/c1-6-4-7(2-3-8(6)10)5-12-9(11)13/h2-4H,5H2,1H3,(H3,11,12,13). The zero-order chi connectivity index (χ0) is 9.84. The Bertz CT molecular complexity index is 325. The number of nitrogens with two attached hydrogens (primary N) is 1. The molecule has 0 aliphatic heterocycles. The molecule has 0 fully saturated rings. The monoisotopic (exact) mass is 182 g/mol. The molecule has 4 heteroatoms. The number of carbonyl (C=O) groups excluding carboxylic acids is 1. The summed E-state index contributed by atoms with van der Waals surface area (Å²) in [6.07, 6.45) is 0. The minimum atomic E-state index is -0.582. The normalized spacial score (nSPS) is 9.69. The molecule has 2 amide bonds. The van der Waals surface area contributed by atoms with E-state index in [1.807, 2.05) is 0 Å². The third kappa shape index (κ3) is 2.74. The maximum absolute atomic E-state index is 12.8. The van der Waals surface area contributed by atoms with E-state index in [1.165, 1.54) is 6.07 Å². The maximum Gasteiger partial charge on any atom is 0.312 e. The zero-order valence-corrected chi connectivity index (χ0v) is 7.30. The lowest BCUT2D eigenvalue weighted by Crippen LogP contribution is -2.28. The molecule has 3 N–H and O–H groups in total. The summed E-state index contributed by atoms with van der Waals surface area (Å²) in [5.41, 5.74) is 6.27. The predicted molar refractivity (Wildman–Crippen MR) is 47.6 cm³/mol. The number of hydrogen-bond acceptors (Lipinski definition) is 1. The van der Waals surface area contributed by atoms with Crippen LogP contribution in [0.25, 0.3) is 0 Å². The first kappa shape index (κ1) is 9.51. The summed E-state index contributed by atoms with van der Waals surface area (Å²) in [5.74, 6) is -0.247. The van der Waals surface area contributed by atoms with E-state index in [1.54, 1.807) is 19.1 Å². The van der Waals surface area contributed by atoms with Gasteiger partial charge in [-0.2, -0.15) is 0 Å². The highest BCUT2D eigenvalue weighted by molar-refractivity contribution is 5.71. The van der Waals surface area contributed by atoms with Gasteiger partial charge in [-0.1, -0.05) is 12.1 Å². The van der Waals surface area contributed by atoms with Gasteiger partial charge >= 0.3 is 6.03 Å². The SMILES string of the molecule is Cc1cc(CNC(N)=O)ccc1F. The maximum atomic E-state index is 12.8. The number of benzene rings is 1. The Hall–Kier alpha value is -1.58. The van der Waals surface area contributed by atoms with Gasteiger partial charge in [-0.25, -0.2) is 9.18 Å². The van der Waals surface area contributed by atoms with Crippen molar-refractivity contribution in [1.29, 1.82) is 0 Å². The molecule has 13 heavy (non-hydrogen) atoms. The number of rotatable bonds is 2. The molecule has 0 heterocycles. The lowest BCUT2D eigenvalue weighted by atomic mass is 10.1. The molecule has 0 aliphatic carbocycles. The van der Waals surface area contributed by atoms with E-state index >= 15 is 0 Å². The van der Waals surface area contributed by atoms with E-state index in [-0.39, 0.29) is 5.82 Å². The van der Waals surface area contributed by atoms with Crippen LogP contribution in [0.5, 0.6) is 0 Å². The van der Waals surface area contributed by atoms with Crippen molar-refractivity contribution < 1.29 is 9.18 Å². The number of urea groups is 1. The minimum absolute atomic E-state index is 0.247. The smallest absolute Gasteiger partial charge is 0.312 e. The Labute approximate surface area is 75.7 Å². The molecule has 1 aromatic carbocycles. The largest absolute Gasteiger partial charge is 0.352 e. The molecule has 0 spiro atoms. The number of nitrogens with one attached hydrogen (secondary N) is 1. The van der Waals surface area contributed by atoms with Crippen molar-refractivity contribution in [2.24, 2.45) is 5.73 Å². The van der Waals surface area contributed by atoms with Crippen LogP contribution in [-0.2, 0) is 6.54 Å². The first-order chi connectivity index (χ1) is 6.09. The van der Waals surface area contributed by atoms with Crippen molar-refractivity contribution in [2.45, 2.75) is 13.5 Å². The topological polar surface area (TPSA) is 55.1 Å². The van der Waals surface area contributed by atoms with Crippen LogP contribution in [0.2, 0.25) is 0 Å². The highest BCUT2D eigenvalue weighted by Gasteiger charge is 1.99. The van der Waals surface area contributed by atoms with Gasteiger partial charge in [0.1, 0.15) is 5.82 Å². The molecule has 0 saturated heterocycles. The van der Waals surface area contributed by atoms with E-state index in [4.69, 9.17) is 5.73 Å². The molecule has 0 aliphatic rings. The molecule has 0 aromatic heterocycles. The van der Waals surface area contributed by atoms with Gasteiger partial charge in [-0.3, -0.25) is 0 Å². The Balaban J connectivity index is 2.68. The minimum Gasteiger partial charge on any atom is -0.352 e. The van der Waals surface area contributed by atoms with Crippen LogP contribution in [-0.4, -0.2) is 6.03 Å². The summed E-state index contributed by atoms with van der Waals surface area (Å²) in [4.78, 5) is 10.4. The van der Waals surface area contributed by atoms with Crippen molar-refractivity contribution in [3.8, 4) is 0 Å². The van der Waals surface area contributed by atoms with E-state index in [0.717, 1.165) is 5.56 Å². The summed E-state index contributed by atoms with van der Waals surface area (Å²) < 4.78 is 12.8. The van der Waals surface area contributed by atoms with Crippen LogP contribution >= 0.6 is 0 Å². The van der Waals surface area contributed by atoms with Gasteiger partial charge in [-0.15, -0.1) is 0 Å². The molecule has 3 nitrogen and oxygen atoms in total. The average molecular weight is 182 g/mol. The van der Waals surface area contributed by atoms with Crippen molar-refractivity contribution >= 4 is 6.03 Å². The fraction of sp³-hybridized carbons (Fsp3) is 0.222. The molecular formula is C9H11FN2O. The summed E-state index contributed by atoms with van der Waals surface area (Å²) in [5, 5.41) is 2.42. The van der Waals surface area contributed by atoms with Crippen LogP contribution in [0.15, 0.2) is 18.2 Å². The lowest BCUT2D eigenvalue weighted by molar-refractivity contribution is 0.248. The number of carbonyl (C=O) groups is 1. The van der Waals surface area contributed by atoms with Crippen molar-refractivity contribution in [3.63, 3.8) is 0 Å². The lowest BCUT2D eigenvalue weighted by Gasteiger charge is -2.03. The zero-order valence-electron chi connectivity index (χ0n) is 7.30. The van der Waals surface area contributed by atoms with E-state index in [0.29, 0.717) is 12.1 Å². The highest BCUT2D eigenvalue weighted by Crippen LogP contribution is 2.08. The summed E-state index contributed by atoms with van der Waals surface area (Å²) in [7, 11) is 0. The van der Waals surface area contributed by atoms with Crippen molar-refractivity contribution in [1.82, 2.24) is 5.32 Å². The first-order valence-electron chi connectivity index (χ1n) is 3.88.